The first-order chi connectivity index (χ1) is 5.07. The molecule has 11 heavy (non-hydrogen) atoms. The summed E-state index contributed by atoms with van der Waals surface area (Å²) in [6.45, 7) is 5.31. The minimum absolute atomic E-state index is 0.311. The third-order valence-electron chi connectivity index (χ3n) is 2.69. The molecule has 0 amide bonds. The van der Waals surface area contributed by atoms with E-state index >= 15 is 0 Å². The Morgan fingerprint density at radius 3 is 2.27 bits per heavy atom. The molecule has 1 aliphatic rings. The lowest BCUT2D eigenvalue weighted by Crippen LogP contribution is -2.25. The van der Waals surface area contributed by atoms with Crippen LogP contribution in [0.1, 0.15) is 26.7 Å². The molecule has 0 radical (unpaired) electrons. The summed E-state index contributed by atoms with van der Waals surface area (Å²) in [6.07, 6.45) is 2.48. The van der Waals surface area contributed by atoms with Gasteiger partial charge in [0.15, 0.2) is 0 Å². The van der Waals surface area contributed by atoms with Gasteiger partial charge in [0.25, 0.3) is 0 Å². The van der Waals surface area contributed by atoms with Crippen molar-refractivity contribution in [1.82, 2.24) is 0 Å². The lowest BCUT2D eigenvalue weighted by atomic mass is 10.0. The Morgan fingerprint density at radius 2 is 1.91 bits per heavy atom. The van der Waals surface area contributed by atoms with Crippen LogP contribution in [-0.4, -0.2) is 10.0 Å². The Balaban J connectivity index is 2.49. The molecule has 0 aromatic heterocycles. The zero-order valence-electron chi connectivity index (χ0n) is 7.14. The predicted octanol–water partition coefficient (Wildman–Crippen LogP) is 2.12. The second-order valence-electron chi connectivity index (χ2n) is 3.82. The van der Waals surface area contributed by atoms with E-state index in [4.69, 9.17) is 10.7 Å². The largest absolute Gasteiger partial charge is 0.303 e. The highest BCUT2D eigenvalue weighted by atomic mass is 127. The summed E-state index contributed by atoms with van der Waals surface area (Å²) in [5, 5.41) is 0. The van der Waals surface area contributed by atoms with Crippen molar-refractivity contribution in [3.8, 4) is 0 Å². The van der Waals surface area contributed by atoms with E-state index in [9.17, 15) is 0 Å². The van der Waals surface area contributed by atoms with Crippen LogP contribution in [0.15, 0.2) is 0 Å². The van der Waals surface area contributed by atoms with Crippen molar-refractivity contribution in [3.05, 3.63) is 0 Å². The molecule has 0 aromatic rings. The average molecular weight is 269 g/mol. The number of alkyl halides is 1. The molecule has 0 aromatic carbocycles. The maximum Gasteiger partial charge on any atom is 0.0825 e. The van der Waals surface area contributed by atoms with E-state index < -0.39 is 0 Å². The topological polar surface area (TPSA) is 35.2 Å². The zero-order chi connectivity index (χ0) is 8.48. The Morgan fingerprint density at radius 1 is 1.45 bits per heavy atom. The molecule has 3 atom stereocenters. The SMILES string of the molecule is C[C@@H]1CC(I)(CON)C[C@@H]1C. The van der Waals surface area contributed by atoms with Crippen molar-refractivity contribution in [3.63, 3.8) is 0 Å². The van der Waals surface area contributed by atoms with Crippen molar-refractivity contribution in [2.45, 2.75) is 30.1 Å². The average Bonchev–Trinajstić information content (AvgIpc) is 2.08. The lowest BCUT2D eigenvalue weighted by molar-refractivity contribution is 0.118. The zero-order valence-corrected chi connectivity index (χ0v) is 9.30. The van der Waals surface area contributed by atoms with Crippen LogP contribution in [0.4, 0.5) is 0 Å². The maximum absolute atomic E-state index is 5.08. The van der Waals surface area contributed by atoms with Crippen LogP contribution in [0.2, 0.25) is 0 Å². The molecule has 1 fully saturated rings. The molecule has 1 unspecified atom stereocenters. The number of rotatable bonds is 2. The fourth-order valence-corrected chi connectivity index (χ4v) is 3.48. The minimum atomic E-state index is 0.311. The Hall–Kier alpha value is 0.650. The van der Waals surface area contributed by atoms with Crippen LogP contribution in [0.25, 0.3) is 0 Å². The summed E-state index contributed by atoms with van der Waals surface area (Å²) in [5.41, 5.74) is 0. The number of hydrogen-bond donors (Lipinski definition) is 1. The molecular formula is C8H16INO. The Kier molecular flexibility index (Phi) is 3.17. The van der Waals surface area contributed by atoms with Gasteiger partial charge in [-0.15, -0.1) is 0 Å². The molecule has 1 aliphatic carbocycles. The summed E-state index contributed by atoms with van der Waals surface area (Å²) < 4.78 is 0.311. The van der Waals surface area contributed by atoms with Gasteiger partial charge in [0.1, 0.15) is 0 Å². The van der Waals surface area contributed by atoms with Crippen molar-refractivity contribution < 1.29 is 4.84 Å². The van der Waals surface area contributed by atoms with Gasteiger partial charge >= 0.3 is 0 Å². The summed E-state index contributed by atoms with van der Waals surface area (Å²) in [5.74, 6) is 6.72. The van der Waals surface area contributed by atoms with Gasteiger partial charge in [-0.3, -0.25) is 0 Å². The van der Waals surface area contributed by atoms with Gasteiger partial charge in [-0.25, -0.2) is 5.90 Å². The van der Waals surface area contributed by atoms with Crippen LogP contribution in [-0.2, 0) is 4.84 Å². The van der Waals surface area contributed by atoms with Crippen molar-refractivity contribution in [2.24, 2.45) is 17.7 Å². The standard InChI is InChI=1S/C8H16INO/c1-6-3-8(9,5-11-10)4-7(6)2/h6-7H,3-5,10H2,1-2H3/t6-,7+,8?. The van der Waals surface area contributed by atoms with Crippen molar-refractivity contribution in [2.75, 3.05) is 6.61 Å². The second kappa shape index (κ2) is 3.58. The monoisotopic (exact) mass is 269 g/mol. The van der Waals surface area contributed by atoms with Crippen LogP contribution in [0.5, 0.6) is 0 Å². The van der Waals surface area contributed by atoms with Gasteiger partial charge in [-0.2, -0.15) is 0 Å². The molecule has 0 heterocycles. The van der Waals surface area contributed by atoms with E-state index in [0.29, 0.717) is 10.0 Å². The highest BCUT2D eigenvalue weighted by molar-refractivity contribution is 14.1. The van der Waals surface area contributed by atoms with Gasteiger partial charge in [0.05, 0.1) is 6.61 Å². The quantitative estimate of drug-likeness (QED) is 0.473. The number of hydrogen-bond acceptors (Lipinski definition) is 2. The maximum atomic E-state index is 5.08. The van der Waals surface area contributed by atoms with Gasteiger partial charge in [0.2, 0.25) is 0 Å². The summed E-state index contributed by atoms with van der Waals surface area (Å²) in [4.78, 5) is 4.72. The molecule has 2 nitrogen and oxygen atoms in total. The van der Waals surface area contributed by atoms with E-state index in [2.05, 4.69) is 36.4 Å². The van der Waals surface area contributed by atoms with Crippen molar-refractivity contribution >= 4 is 22.6 Å². The van der Waals surface area contributed by atoms with E-state index in [1.165, 1.54) is 12.8 Å². The van der Waals surface area contributed by atoms with Crippen LogP contribution in [0, 0.1) is 11.8 Å². The summed E-state index contributed by atoms with van der Waals surface area (Å²) >= 11 is 2.49. The first-order valence-corrected chi connectivity index (χ1v) is 5.16. The third-order valence-corrected chi connectivity index (χ3v) is 3.88. The van der Waals surface area contributed by atoms with Gasteiger partial charge in [-0.1, -0.05) is 36.4 Å². The van der Waals surface area contributed by atoms with Gasteiger partial charge in [0, 0.05) is 3.42 Å². The molecule has 0 aliphatic heterocycles. The number of nitrogens with two attached hydrogens (primary N) is 1. The molecule has 0 spiro atoms. The molecule has 1 rings (SSSR count). The molecule has 2 N–H and O–H groups in total. The molecule has 1 saturated carbocycles. The Labute approximate surface area is 82.0 Å². The first kappa shape index (κ1) is 9.74. The highest BCUT2D eigenvalue weighted by Gasteiger charge is 2.39. The van der Waals surface area contributed by atoms with Crippen LogP contribution >= 0.6 is 22.6 Å². The molecule has 0 saturated heterocycles. The minimum Gasteiger partial charge on any atom is -0.303 e. The van der Waals surface area contributed by atoms with Crippen molar-refractivity contribution in [1.29, 1.82) is 0 Å². The molecule has 0 bridgehead atoms. The van der Waals surface area contributed by atoms with E-state index in [-0.39, 0.29) is 0 Å². The van der Waals surface area contributed by atoms with Crippen LogP contribution in [0.3, 0.4) is 0 Å². The molecular weight excluding hydrogens is 253 g/mol. The van der Waals surface area contributed by atoms with Gasteiger partial charge < -0.3 is 4.84 Å². The summed E-state index contributed by atoms with van der Waals surface area (Å²) in [6, 6.07) is 0. The lowest BCUT2D eigenvalue weighted by Gasteiger charge is -2.19. The highest BCUT2D eigenvalue weighted by Crippen LogP contribution is 2.44. The first-order valence-electron chi connectivity index (χ1n) is 4.08. The normalized spacial score (nSPS) is 44.7. The molecule has 3 heteroatoms. The van der Waals surface area contributed by atoms with E-state index in [0.717, 1.165) is 11.8 Å². The Bertz CT molecular complexity index is 130. The van der Waals surface area contributed by atoms with Gasteiger partial charge in [-0.05, 0) is 24.7 Å². The van der Waals surface area contributed by atoms with E-state index in [1.54, 1.807) is 0 Å². The molecule has 66 valence electrons. The summed E-state index contributed by atoms with van der Waals surface area (Å²) in [7, 11) is 0. The smallest absolute Gasteiger partial charge is 0.0825 e. The second-order valence-corrected chi connectivity index (χ2v) is 6.11. The third kappa shape index (κ3) is 2.29. The predicted molar refractivity (Wildman–Crippen MR) is 54.5 cm³/mol. The van der Waals surface area contributed by atoms with E-state index in [1.807, 2.05) is 0 Å². The fourth-order valence-electron chi connectivity index (χ4n) is 1.91. The number of halogens is 1. The van der Waals surface area contributed by atoms with Crippen LogP contribution < -0.4 is 5.90 Å². The fraction of sp³-hybridized carbons (Fsp3) is 1.00.